The number of nitrogens with two attached hydrogens (primary N) is 1. The van der Waals surface area contributed by atoms with Crippen LogP contribution in [0.15, 0.2) is 15.9 Å². The van der Waals surface area contributed by atoms with E-state index in [2.05, 4.69) is 34.3 Å². The van der Waals surface area contributed by atoms with Crippen LogP contribution in [0.25, 0.3) is 0 Å². The molecule has 0 aliphatic heterocycles. The predicted octanol–water partition coefficient (Wildman–Crippen LogP) is 3.01. The highest BCUT2D eigenvalue weighted by molar-refractivity contribution is 9.10. The third-order valence-corrected chi connectivity index (χ3v) is 5.48. The molecule has 2 unspecified atom stereocenters. The van der Waals surface area contributed by atoms with E-state index in [4.69, 9.17) is 10.8 Å². The highest BCUT2D eigenvalue weighted by Crippen LogP contribution is 2.36. The predicted molar refractivity (Wildman–Crippen MR) is 72.6 cm³/mol. The SMILES string of the molecule is CC(CCO)SC(CN)c1cc(Br)cs1. The number of hydrogen-bond donors (Lipinski definition) is 2. The summed E-state index contributed by atoms with van der Waals surface area (Å²) in [6, 6.07) is 2.13. The third-order valence-electron chi connectivity index (χ3n) is 2.05. The molecular formula is C10H16BrNOS2. The Morgan fingerprint density at radius 3 is 2.87 bits per heavy atom. The minimum Gasteiger partial charge on any atom is -0.396 e. The second-order valence-corrected chi connectivity index (χ2v) is 6.86. The van der Waals surface area contributed by atoms with Crippen molar-refractivity contribution in [1.29, 1.82) is 0 Å². The van der Waals surface area contributed by atoms with Crippen LogP contribution in [0.4, 0.5) is 0 Å². The molecule has 86 valence electrons. The van der Waals surface area contributed by atoms with E-state index in [1.807, 2.05) is 11.8 Å². The molecule has 0 aliphatic rings. The van der Waals surface area contributed by atoms with Gasteiger partial charge in [0.25, 0.3) is 0 Å². The summed E-state index contributed by atoms with van der Waals surface area (Å²) in [5.74, 6) is 0. The lowest BCUT2D eigenvalue weighted by atomic mass is 10.3. The van der Waals surface area contributed by atoms with Gasteiger partial charge in [-0.15, -0.1) is 23.1 Å². The van der Waals surface area contributed by atoms with Gasteiger partial charge < -0.3 is 10.8 Å². The zero-order chi connectivity index (χ0) is 11.3. The number of hydrogen-bond acceptors (Lipinski definition) is 4. The van der Waals surface area contributed by atoms with E-state index in [1.165, 1.54) is 4.88 Å². The van der Waals surface area contributed by atoms with Crippen molar-refractivity contribution in [1.82, 2.24) is 0 Å². The van der Waals surface area contributed by atoms with Crippen molar-refractivity contribution in [2.24, 2.45) is 5.73 Å². The van der Waals surface area contributed by atoms with Gasteiger partial charge in [-0.05, 0) is 28.4 Å². The molecule has 1 heterocycles. The van der Waals surface area contributed by atoms with Crippen molar-refractivity contribution >= 4 is 39.0 Å². The molecule has 0 radical (unpaired) electrons. The Bertz CT molecular complexity index is 293. The monoisotopic (exact) mass is 309 g/mol. The largest absolute Gasteiger partial charge is 0.396 e. The van der Waals surface area contributed by atoms with Crippen LogP contribution >= 0.6 is 39.0 Å². The Morgan fingerprint density at radius 2 is 2.40 bits per heavy atom. The van der Waals surface area contributed by atoms with Crippen LogP contribution in [-0.2, 0) is 0 Å². The smallest absolute Gasteiger partial charge is 0.0516 e. The summed E-state index contributed by atoms with van der Waals surface area (Å²) in [4.78, 5) is 1.30. The third kappa shape index (κ3) is 4.44. The van der Waals surface area contributed by atoms with Crippen molar-refractivity contribution in [2.75, 3.05) is 13.2 Å². The van der Waals surface area contributed by atoms with E-state index in [9.17, 15) is 0 Å². The molecule has 0 bridgehead atoms. The van der Waals surface area contributed by atoms with Gasteiger partial charge in [0.1, 0.15) is 0 Å². The molecule has 0 saturated heterocycles. The summed E-state index contributed by atoms with van der Waals surface area (Å²) in [5.41, 5.74) is 5.77. The van der Waals surface area contributed by atoms with Crippen molar-refractivity contribution in [3.05, 3.63) is 20.8 Å². The van der Waals surface area contributed by atoms with Crippen LogP contribution < -0.4 is 5.73 Å². The Labute approximate surface area is 107 Å². The number of thiophene rings is 1. The van der Waals surface area contributed by atoms with E-state index in [1.54, 1.807) is 11.3 Å². The lowest BCUT2D eigenvalue weighted by Crippen LogP contribution is -2.12. The van der Waals surface area contributed by atoms with Gasteiger partial charge in [0.2, 0.25) is 0 Å². The maximum Gasteiger partial charge on any atom is 0.0516 e. The normalized spacial score (nSPS) is 15.2. The number of aliphatic hydroxyl groups excluding tert-OH is 1. The summed E-state index contributed by atoms with van der Waals surface area (Å²) in [7, 11) is 0. The molecule has 2 atom stereocenters. The first-order chi connectivity index (χ1) is 7.17. The fourth-order valence-electron chi connectivity index (χ4n) is 1.27. The van der Waals surface area contributed by atoms with Gasteiger partial charge in [0, 0.05) is 33.1 Å². The number of aliphatic hydroxyl groups is 1. The van der Waals surface area contributed by atoms with Crippen LogP contribution in [0, 0.1) is 0 Å². The highest BCUT2D eigenvalue weighted by Gasteiger charge is 2.15. The number of halogens is 1. The van der Waals surface area contributed by atoms with Gasteiger partial charge >= 0.3 is 0 Å². The topological polar surface area (TPSA) is 46.2 Å². The van der Waals surface area contributed by atoms with Gasteiger partial charge in [-0.3, -0.25) is 0 Å². The lowest BCUT2D eigenvalue weighted by Gasteiger charge is -2.17. The maximum atomic E-state index is 8.85. The van der Waals surface area contributed by atoms with Crippen molar-refractivity contribution in [3.8, 4) is 0 Å². The van der Waals surface area contributed by atoms with Crippen LogP contribution in [0.2, 0.25) is 0 Å². The van der Waals surface area contributed by atoms with Crippen LogP contribution in [0.5, 0.6) is 0 Å². The van der Waals surface area contributed by atoms with E-state index >= 15 is 0 Å². The first-order valence-electron chi connectivity index (χ1n) is 4.87. The molecule has 1 aromatic heterocycles. The first-order valence-corrected chi connectivity index (χ1v) is 7.49. The summed E-state index contributed by atoms with van der Waals surface area (Å²) < 4.78 is 1.12. The lowest BCUT2D eigenvalue weighted by molar-refractivity contribution is 0.289. The molecule has 0 fully saturated rings. The zero-order valence-corrected chi connectivity index (χ0v) is 11.9. The van der Waals surface area contributed by atoms with Crippen LogP contribution in [-0.4, -0.2) is 23.5 Å². The summed E-state index contributed by atoms with van der Waals surface area (Å²) in [6.07, 6.45) is 0.827. The van der Waals surface area contributed by atoms with Crippen LogP contribution in [0.1, 0.15) is 23.5 Å². The molecule has 1 rings (SSSR count). The molecule has 2 nitrogen and oxygen atoms in total. The minimum absolute atomic E-state index is 0.250. The maximum absolute atomic E-state index is 8.85. The van der Waals surface area contributed by atoms with E-state index < -0.39 is 0 Å². The fourth-order valence-corrected chi connectivity index (χ4v) is 4.15. The quantitative estimate of drug-likeness (QED) is 0.849. The average Bonchev–Trinajstić information content (AvgIpc) is 2.61. The highest BCUT2D eigenvalue weighted by atomic mass is 79.9. The number of rotatable bonds is 6. The van der Waals surface area contributed by atoms with Gasteiger partial charge in [-0.2, -0.15) is 0 Å². The van der Waals surface area contributed by atoms with Gasteiger partial charge in [-0.1, -0.05) is 6.92 Å². The van der Waals surface area contributed by atoms with Gasteiger partial charge in [0.15, 0.2) is 0 Å². The van der Waals surface area contributed by atoms with Gasteiger partial charge in [0.05, 0.1) is 5.25 Å². The average molecular weight is 310 g/mol. The standard InChI is InChI=1S/C10H16BrNOS2/c1-7(2-3-13)15-10(5-12)9-4-8(11)6-14-9/h4,6-7,10,13H,2-3,5,12H2,1H3. The van der Waals surface area contributed by atoms with E-state index in [-0.39, 0.29) is 6.61 Å². The zero-order valence-electron chi connectivity index (χ0n) is 8.65. The second kappa shape index (κ2) is 6.91. The van der Waals surface area contributed by atoms with Gasteiger partial charge in [-0.25, -0.2) is 0 Å². The summed E-state index contributed by atoms with van der Waals surface area (Å²) >= 11 is 7.02. The van der Waals surface area contributed by atoms with Crippen LogP contribution in [0.3, 0.4) is 0 Å². The molecule has 0 saturated carbocycles. The molecule has 0 spiro atoms. The molecule has 3 N–H and O–H groups in total. The Hall–Kier alpha value is 0.450. The van der Waals surface area contributed by atoms with Crippen molar-refractivity contribution in [2.45, 2.75) is 23.8 Å². The Morgan fingerprint density at radius 1 is 1.67 bits per heavy atom. The molecular weight excluding hydrogens is 294 g/mol. The van der Waals surface area contributed by atoms with E-state index in [0.717, 1.165) is 10.9 Å². The van der Waals surface area contributed by atoms with Crippen molar-refractivity contribution in [3.63, 3.8) is 0 Å². The molecule has 0 amide bonds. The first kappa shape index (κ1) is 13.5. The van der Waals surface area contributed by atoms with E-state index in [0.29, 0.717) is 17.0 Å². The molecule has 15 heavy (non-hydrogen) atoms. The second-order valence-electron chi connectivity index (χ2n) is 3.35. The Balaban J connectivity index is 2.56. The van der Waals surface area contributed by atoms with Crippen molar-refractivity contribution < 1.29 is 5.11 Å². The summed E-state index contributed by atoms with van der Waals surface area (Å²) in [5, 5.41) is 11.7. The number of thioether (sulfide) groups is 1. The fraction of sp³-hybridized carbons (Fsp3) is 0.600. The molecule has 0 aliphatic carbocycles. The molecule has 0 aromatic carbocycles. The Kier molecular flexibility index (Phi) is 6.23. The molecule has 1 aromatic rings. The minimum atomic E-state index is 0.250. The summed E-state index contributed by atoms with van der Waals surface area (Å²) in [6.45, 7) is 3.03. The molecule has 5 heteroatoms.